The summed E-state index contributed by atoms with van der Waals surface area (Å²) in [6.07, 6.45) is 3.05. The summed E-state index contributed by atoms with van der Waals surface area (Å²) in [6, 6.07) is 6.52. The lowest BCUT2D eigenvalue weighted by atomic mass is 10.3. The fourth-order valence-electron chi connectivity index (χ4n) is 1.67. The standard InChI is InChI=1S/C12H11Br2N3O2S/c1-17(9-3-2-4-16-7-9)20(18,19)12-10(14)5-8(13)6-11(12)15/h2-7H,15H2,1H3. The second-order valence-electron chi connectivity index (χ2n) is 3.99. The van der Waals surface area contributed by atoms with Crippen LogP contribution in [0.1, 0.15) is 0 Å². The maximum absolute atomic E-state index is 12.7. The van der Waals surface area contributed by atoms with Gasteiger partial charge in [-0.05, 0) is 40.2 Å². The van der Waals surface area contributed by atoms with E-state index in [4.69, 9.17) is 5.73 Å². The number of anilines is 2. The summed E-state index contributed by atoms with van der Waals surface area (Å²) in [7, 11) is -2.31. The Kier molecular flexibility index (Phi) is 4.36. The summed E-state index contributed by atoms with van der Waals surface area (Å²) < 4.78 is 27.6. The van der Waals surface area contributed by atoms with E-state index in [-0.39, 0.29) is 10.6 Å². The van der Waals surface area contributed by atoms with Gasteiger partial charge in [0.05, 0.1) is 17.6 Å². The van der Waals surface area contributed by atoms with Crippen molar-refractivity contribution < 1.29 is 8.42 Å². The van der Waals surface area contributed by atoms with Crippen LogP contribution in [0.3, 0.4) is 0 Å². The van der Waals surface area contributed by atoms with Gasteiger partial charge in [-0.1, -0.05) is 15.9 Å². The van der Waals surface area contributed by atoms with Crippen LogP contribution in [0.2, 0.25) is 0 Å². The molecule has 8 heteroatoms. The molecule has 0 bridgehead atoms. The van der Waals surface area contributed by atoms with Crippen LogP contribution in [-0.4, -0.2) is 20.4 Å². The number of nitrogens with two attached hydrogens (primary N) is 1. The number of hydrogen-bond acceptors (Lipinski definition) is 4. The van der Waals surface area contributed by atoms with Crippen molar-refractivity contribution in [3.8, 4) is 0 Å². The molecule has 0 spiro atoms. The summed E-state index contributed by atoms with van der Waals surface area (Å²) in [4.78, 5) is 3.95. The van der Waals surface area contributed by atoms with Crippen molar-refractivity contribution in [3.05, 3.63) is 45.6 Å². The SMILES string of the molecule is CN(c1cccnc1)S(=O)(=O)c1c(N)cc(Br)cc1Br. The normalized spacial score (nSPS) is 11.3. The molecule has 0 aliphatic heterocycles. The Labute approximate surface area is 134 Å². The van der Waals surface area contributed by atoms with Crippen LogP contribution in [0.25, 0.3) is 0 Å². The van der Waals surface area contributed by atoms with Crippen LogP contribution in [0.5, 0.6) is 0 Å². The first-order valence-electron chi connectivity index (χ1n) is 5.47. The van der Waals surface area contributed by atoms with E-state index in [9.17, 15) is 8.42 Å². The lowest BCUT2D eigenvalue weighted by Crippen LogP contribution is -2.27. The average Bonchev–Trinajstić information content (AvgIpc) is 2.37. The maximum Gasteiger partial charge on any atom is 0.267 e. The summed E-state index contributed by atoms with van der Waals surface area (Å²) in [5.74, 6) is 0. The first-order valence-corrected chi connectivity index (χ1v) is 8.50. The highest BCUT2D eigenvalue weighted by Crippen LogP contribution is 2.34. The van der Waals surface area contributed by atoms with Gasteiger partial charge in [0, 0.05) is 22.2 Å². The zero-order valence-electron chi connectivity index (χ0n) is 10.4. The maximum atomic E-state index is 12.7. The first kappa shape index (κ1) is 15.3. The van der Waals surface area contributed by atoms with E-state index in [1.165, 1.54) is 13.2 Å². The number of benzene rings is 1. The van der Waals surface area contributed by atoms with Crippen LogP contribution in [0.4, 0.5) is 11.4 Å². The van der Waals surface area contributed by atoms with E-state index in [2.05, 4.69) is 36.8 Å². The van der Waals surface area contributed by atoms with E-state index in [0.717, 1.165) is 4.31 Å². The van der Waals surface area contributed by atoms with E-state index in [1.54, 1.807) is 30.5 Å². The Morgan fingerprint density at radius 1 is 1.30 bits per heavy atom. The van der Waals surface area contributed by atoms with Gasteiger partial charge in [0.15, 0.2) is 0 Å². The second kappa shape index (κ2) is 5.71. The molecule has 1 aromatic heterocycles. The van der Waals surface area contributed by atoms with Gasteiger partial charge in [-0.25, -0.2) is 8.42 Å². The molecule has 0 saturated carbocycles. The van der Waals surface area contributed by atoms with E-state index < -0.39 is 10.0 Å². The van der Waals surface area contributed by atoms with Crippen molar-refractivity contribution in [3.63, 3.8) is 0 Å². The number of pyridine rings is 1. The third-order valence-electron chi connectivity index (χ3n) is 2.67. The van der Waals surface area contributed by atoms with Gasteiger partial charge in [0.1, 0.15) is 4.90 Å². The number of aromatic nitrogens is 1. The lowest BCUT2D eigenvalue weighted by Gasteiger charge is -2.21. The summed E-state index contributed by atoms with van der Waals surface area (Å²) in [6.45, 7) is 0. The molecule has 5 nitrogen and oxygen atoms in total. The van der Waals surface area contributed by atoms with Gasteiger partial charge in [0.2, 0.25) is 0 Å². The topological polar surface area (TPSA) is 76.3 Å². The van der Waals surface area contributed by atoms with Crippen molar-refractivity contribution in [1.29, 1.82) is 0 Å². The number of nitrogen functional groups attached to an aromatic ring is 1. The molecule has 2 rings (SSSR count). The highest BCUT2D eigenvalue weighted by atomic mass is 79.9. The monoisotopic (exact) mass is 419 g/mol. The van der Waals surface area contributed by atoms with E-state index in [1.807, 2.05) is 0 Å². The molecular formula is C12H11Br2N3O2S. The van der Waals surface area contributed by atoms with Crippen LogP contribution in [0.15, 0.2) is 50.5 Å². The van der Waals surface area contributed by atoms with Crippen LogP contribution >= 0.6 is 31.9 Å². The average molecular weight is 421 g/mol. The van der Waals surface area contributed by atoms with Gasteiger partial charge >= 0.3 is 0 Å². The smallest absolute Gasteiger partial charge is 0.267 e. The number of sulfonamides is 1. The largest absolute Gasteiger partial charge is 0.398 e. The fourth-order valence-corrected chi connectivity index (χ4v) is 4.86. The second-order valence-corrected chi connectivity index (χ2v) is 7.67. The summed E-state index contributed by atoms with van der Waals surface area (Å²) in [5.41, 5.74) is 6.47. The molecule has 0 saturated heterocycles. The predicted octanol–water partition coefficient (Wildman–Crippen LogP) is 3.01. The molecule has 0 unspecified atom stereocenters. The van der Waals surface area contributed by atoms with Crippen molar-refractivity contribution in [2.24, 2.45) is 0 Å². The third-order valence-corrected chi connectivity index (χ3v) is 5.91. The Balaban J connectivity index is 2.57. The molecule has 1 heterocycles. The number of rotatable bonds is 3. The quantitative estimate of drug-likeness (QED) is 0.774. The molecule has 106 valence electrons. The highest BCUT2D eigenvalue weighted by molar-refractivity contribution is 9.11. The van der Waals surface area contributed by atoms with Crippen molar-refractivity contribution in [2.75, 3.05) is 17.1 Å². The molecule has 0 atom stereocenters. The van der Waals surface area contributed by atoms with Crippen molar-refractivity contribution in [1.82, 2.24) is 4.98 Å². The minimum atomic E-state index is -3.77. The van der Waals surface area contributed by atoms with Gasteiger partial charge in [-0.15, -0.1) is 0 Å². The van der Waals surface area contributed by atoms with Crippen LogP contribution < -0.4 is 10.0 Å². The number of nitrogens with zero attached hydrogens (tertiary/aromatic N) is 2. The fraction of sp³-hybridized carbons (Fsp3) is 0.0833. The van der Waals surface area contributed by atoms with Crippen molar-refractivity contribution >= 4 is 53.3 Å². The molecule has 2 aromatic rings. The number of halogens is 2. The molecule has 1 aromatic carbocycles. The molecule has 2 N–H and O–H groups in total. The van der Waals surface area contributed by atoms with Gasteiger partial charge in [-0.2, -0.15) is 0 Å². The highest BCUT2D eigenvalue weighted by Gasteiger charge is 2.26. The van der Waals surface area contributed by atoms with Gasteiger partial charge in [-0.3, -0.25) is 9.29 Å². The Morgan fingerprint density at radius 2 is 2.00 bits per heavy atom. The molecule has 0 amide bonds. The summed E-state index contributed by atoms with van der Waals surface area (Å²) in [5, 5.41) is 0. The third kappa shape index (κ3) is 2.82. The lowest BCUT2D eigenvalue weighted by molar-refractivity contribution is 0.594. The minimum Gasteiger partial charge on any atom is -0.398 e. The van der Waals surface area contributed by atoms with Crippen molar-refractivity contribution in [2.45, 2.75) is 4.90 Å². The van der Waals surface area contributed by atoms with Crippen LogP contribution in [0, 0.1) is 0 Å². The molecular weight excluding hydrogens is 410 g/mol. The Hall–Kier alpha value is -1.12. The zero-order chi connectivity index (χ0) is 14.9. The van der Waals surface area contributed by atoms with Gasteiger partial charge in [0.25, 0.3) is 10.0 Å². The van der Waals surface area contributed by atoms with Gasteiger partial charge < -0.3 is 5.73 Å². The Bertz CT molecular complexity index is 713. The van der Waals surface area contributed by atoms with E-state index in [0.29, 0.717) is 14.6 Å². The summed E-state index contributed by atoms with van der Waals surface area (Å²) >= 11 is 6.51. The predicted molar refractivity (Wildman–Crippen MR) is 86.1 cm³/mol. The number of hydrogen-bond donors (Lipinski definition) is 1. The minimum absolute atomic E-state index is 0.0343. The van der Waals surface area contributed by atoms with E-state index >= 15 is 0 Å². The molecule has 0 radical (unpaired) electrons. The Morgan fingerprint density at radius 3 is 2.55 bits per heavy atom. The molecule has 0 aliphatic rings. The molecule has 20 heavy (non-hydrogen) atoms. The van der Waals surface area contributed by atoms with Crippen LogP contribution in [-0.2, 0) is 10.0 Å². The first-order chi connectivity index (χ1) is 9.34. The molecule has 0 fully saturated rings. The molecule has 0 aliphatic carbocycles. The zero-order valence-corrected chi connectivity index (χ0v) is 14.4.